The summed E-state index contributed by atoms with van der Waals surface area (Å²) in [5, 5.41) is 7.29. The van der Waals surface area contributed by atoms with Crippen LogP contribution in [0.2, 0.25) is 0 Å². The molecular formula is C16H23N3OS. The summed E-state index contributed by atoms with van der Waals surface area (Å²) < 4.78 is 0. The number of amides is 1. The van der Waals surface area contributed by atoms with E-state index in [0.29, 0.717) is 19.0 Å². The van der Waals surface area contributed by atoms with Gasteiger partial charge in [0.25, 0.3) is 0 Å². The number of hydrogen-bond acceptors (Lipinski definition) is 3. The van der Waals surface area contributed by atoms with Crippen LogP contribution < -0.4 is 10.6 Å². The molecule has 0 saturated carbocycles. The maximum atomic E-state index is 11.7. The summed E-state index contributed by atoms with van der Waals surface area (Å²) in [6, 6.07) is 10.7. The van der Waals surface area contributed by atoms with Gasteiger partial charge in [-0.25, -0.2) is 0 Å². The standard InChI is InChI=1S/C16H23N3OS/c1-16(2,3)19-14(20)9-10-17-15-18-13(11-21-15)12-7-5-4-6-8-12/h4-8,13H,9-11H2,1-3H3,(H,17,18)(H,19,20). The van der Waals surface area contributed by atoms with Crippen molar-refractivity contribution >= 4 is 22.8 Å². The molecule has 1 aliphatic heterocycles. The normalized spacial score (nSPS) is 20.3. The molecule has 1 aliphatic rings. The highest BCUT2D eigenvalue weighted by Gasteiger charge is 2.21. The van der Waals surface area contributed by atoms with Crippen molar-refractivity contribution in [1.29, 1.82) is 0 Å². The van der Waals surface area contributed by atoms with Crippen molar-refractivity contribution in [3.63, 3.8) is 0 Å². The van der Waals surface area contributed by atoms with Crippen LogP contribution in [-0.4, -0.2) is 28.9 Å². The van der Waals surface area contributed by atoms with Crippen molar-refractivity contribution < 1.29 is 4.79 Å². The van der Waals surface area contributed by atoms with Crippen LogP contribution in [0.25, 0.3) is 0 Å². The van der Waals surface area contributed by atoms with Gasteiger partial charge in [-0.1, -0.05) is 42.1 Å². The summed E-state index contributed by atoms with van der Waals surface area (Å²) in [5.41, 5.74) is 1.10. The molecule has 1 aromatic carbocycles. The number of nitrogens with one attached hydrogen (secondary N) is 2. The number of hydrogen-bond donors (Lipinski definition) is 2. The lowest BCUT2D eigenvalue weighted by atomic mass is 10.1. The summed E-state index contributed by atoms with van der Waals surface area (Å²) in [5.74, 6) is 1.03. The Morgan fingerprint density at radius 3 is 2.76 bits per heavy atom. The summed E-state index contributed by atoms with van der Waals surface area (Å²) in [7, 11) is 0. The third-order valence-electron chi connectivity index (χ3n) is 3.00. The fourth-order valence-electron chi connectivity index (χ4n) is 2.09. The van der Waals surface area contributed by atoms with E-state index in [1.165, 1.54) is 5.56 Å². The smallest absolute Gasteiger partial charge is 0.222 e. The maximum Gasteiger partial charge on any atom is 0.222 e. The van der Waals surface area contributed by atoms with E-state index in [1.807, 2.05) is 39.0 Å². The Morgan fingerprint density at radius 2 is 2.10 bits per heavy atom. The van der Waals surface area contributed by atoms with Gasteiger partial charge in [0.1, 0.15) is 0 Å². The first-order chi connectivity index (χ1) is 9.94. The molecule has 1 heterocycles. The summed E-state index contributed by atoms with van der Waals surface area (Å²) in [6.07, 6.45) is 0.430. The molecule has 4 nitrogen and oxygen atoms in total. The molecule has 2 N–H and O–H groups in total. The first-order valence-corrected chi connectivity index (χ1v) is 8.22. The van der Waals surface area contributed by atoms with E-state index in [-0.39, 0.29) is 11.4 Å². The van der Waals surface area contributed by atoms with Crippen LogP contribution in [0.4, 0.5) is 0 Å². The summed E-state index contributed by atoms with van der Waals surface area (Å²) in [4.78, 5) is 16.2. The van der Waals surface area contributed by atoms with E-state index in [9.17, 15) is 4.79 Å². The quantitative estimate of drug-likeness (QED) is 0.899. The second-order valence-corrected chi connectivity index (χ2v) is 7.16. The molecule has 0 aromatic heterocycles. The fourth-order valence-corrected chi connectivity index (χ4v) is 3.10. The molecule has 114 valence electrons. The van der Waals surface area contributed by atoms with Crippen LogP contribution in [-0.2, 0) is 4.79 Å². The highest BCUT2D eigenvalue weighted by Crippen LogP contribution is 2.25. The minimum Gasteiger partial charge on any atom is -0.357 e. The topological polar surface area (TPSA) is 53.5 Å². The number of rotatable bonds is 4. The van der Waals surface area contributed by atoms with Crippen molar-refractivity contribution in [2.24, 2.45) is 4.99 Å². The molecule has 2 rings (SSSR count). The van der Waals surface area contributed by atoms with Crippen molar-refractivity contribution in [1.82, 2.24) is 10.6 Å². The van der Waals surface area contributed by atoms with E-state index >= 15 is 0 Å². The van der Waals surface area contributed by atoms with Gasteiger partial charge >= 0.3 is 0 Å². The van der Waals surface area contributed by atoms with Crippen molar-refractivity contribution in [3.05, 3.63) is 35.9 Å². The molecule has 5 heteroatoms. The lowest BCUT2D eigenvalue weighted by Gasteiger charge is -2.20. The minimum absolute atomic E-state index is 0.0504. The van der Waals surface area contributed by atoms with Gasteiger partial charge in [-0.15, -0.1) is 0 Å². The Morgan fingerprint density at radius 1 is 1.38 bits per heavy atom. The van der Waals surface area contributed by atoms with Gasteiger partial charge in [0.05, 0.1) is 12.6 Å². The van der Waals surface area contributed by atoms with Gasteiger partial charge in [0.2, 0.25) is 5.91 Å². The Hall–Kier alpha value is -1.49. The lowest BCUT2D eigenvalue weighted by molar-refractivity contribution is -0.122. The van der Waals surface area contributed by atoms with Gasteiger partial charge in [-0.2, -0.15) is 0 Å². The average molecular weight is 305 g/mol. The molecule has 1 unspecified atom stereocenters. The van der Waals surface area contributed by atoms with Crippen LogP contribution in [0.3, 0.4) is 0 Å². The van der Waals surface area contributed by atoms with Gasteiger partial charge in [0, 0.05) is 17.7 Å². The van der Waals surface area contributed by atoms with Crippen LogP contribution in [0.5, 0.6) is 0 Å². The van der Waals surface area contributed by atoms with Gasteiger partial charge in [0.15, 0.2) is 5.17 Å². The van der Waals surface area contributed by atoms with Crippen LogP contribution >= 0.6 is 11.8 Å². The number of carbonyl (C=O) groups is 1. The number of nitrogens with zero attached hydrogens (tertiary/aromatic N) is 1. The fraction of sp³-hybridized carbons (Fsp3) is 0.500. The highest BCUT2D eigenvalue weighted by molar-refractivity contribution is 8.14. The Labute approximate surface area is 130 Å². The minimum atomic E-state index is -0.178. The predicted molar refractivity (Wildman–Crippen MR) is 89.6 cm³/mol. The maximum absolute atomic E-state index is 11.7. The second kappa shape index (κ2) is 6.98. The molecule has 1 aromatic rings. The van der Waals surface area contributed by atoms with E-state index in [1.54, 1.807) is 11.8 Å². The predicted octanol–water partition coefficient (Wildman–Crippen LogP) is 2.72. The second-order valence-electron chi connectivity index (χ2n) is 6.15. The molecule has 0 radical (unpaired) electrons. The van der Waals surface area contributed by atoms with Crippen LogP contribution in [0.1, 0.15) is 38.8 Å². The Balaban J connectivity index is 1.78. The molecule has 1 saturated heterocycles. The third-order valence-corrected chi connectivity index (χ3v) is 4.02. The molecule has 0 spiro atoms. The molecule has 0 bridgehead atoms. The van der Waals surface area contributed by atoms with Crippen molar-refractivity contribution in [3.8, 4) is 0 Å². The molecular weight excluding hydrogens is 282 g/mol. The molecule has 1 fully saturated rings. The monoisotopic (exact) mass is 305 g/mol. The first kappa shape index (κ1) is 15.9. The van der Waals surface area contributed by atoms with E-state index in [4.69, 9.17) is 0 Å². The number of carbonyl (C=O) groups excluding carboxylic acids is 1. The Kier molecular flexibility index (Phi) is 5.28. The zero-order valence-corrected chi connectivity index (χ0v) is 13.7. The summed E-state index contributed by atoms with van der Waals surface area (Å²) in [6.45, 7) is 6.47. The van der Waals surface area contributed by atoms with E-state index in [0.717, 1.165) is 10.9 Å². The van der Waals surface area contributed by atoms with Crippen LogP contribution in [0.15, 0.2) is 35.3 Å². The zero-order chi connectivity index (χ0) is 15.3. The van der Waals surface area contributed by atoms with Crippen molar-refractivity contribution in [2.45, 2.75) is 38.8 Å². The van der Waals surface area contributed by atoms with Crippen LogP contribution in [0, 0.1) is 0 Å². The molecule has 1 atom stereocenters. The molecule has 0 aliphatic carbocycles. The van der Waals surface area contributed by atoms with Gasteiger partial charge in [-0.3, -0.25) is 9.79 Å². The van der Waals surface area contributed by atoms with Crippen molar-refractivity contribution in [2.75, 3.05) is 12.3 Å². The van der Waals surface area contributed by atoms with E-state index in [2.05, 4.69) is 27.8 Å². The number of benzene rings is 1. The Bertz CT molecular complexity index is 508. The van der Waals surface area contributed by atoms with E-state index < -0.39 is 0 Å². The average Bonchev–Trinajstić information content (AvgIpc) is 2.86. The van der Waals surface area contributed by atoms with Gasteiger partial charge in [-0.05, 0) is 26.3 Å². The zero-order valence-electron chi connectivity index (χ0n) is 12.8. The lowest BCUT2D eigenvalue weighted by Crippen LogP contribution is -2.40. The number of amidine groups is 1. The summed E-state index contributed by atoms with van der Waals surface area (Å²) >= 11 is 1.72. The highest BCUT2D eigenvalue weighted by atomic mass is 32.2. The van der Waals surface area contributed by atoms with Gasteiger partial charge < -0.3 is 10.6 Å². The largest absolute Gasteiger partial charge is 0.357 e. The number of thioether (sulfide) groups is 1. The SMILES string of the molecule is CC(C)(C)NC(=O)CCN=C1NC(c2ccccc2)CS1. The molecule has 21 heavy (non-hydrogen) atoms. The third kappa shape index (κ3) is 5.42. The molecule has 1 amide bonds. The first-order valence-electron chi connectivity index (χ1n) is 7.24. The number of aliphatic imine (C=N–C) groups is 1.